The molecule has 0 saturated carbocycles. The largest absolute Gasteiger partial charge is 0.291 e. The van der Waals surface area contributed by atoms with E-state index in [1.165, 1.54) is 0 Å². The number of rotatable bonds is 16. The Hall–Kier alpha value is -2.23. The molecular weight excluding hydrogens is 326 g/mol. The molecule has 26 heavy (non-hydrogen) atoms. The topological polar surface area (TPSA) is 60.2 Å². The maximum atomic E-state index is 11.0. The monoisotopic (exact) mass is 358 g/mol. The molecule has 0 aliphatic heterocycles. The predicted molar refractivity (Wildman–Crippen MR) is 109 cm³/mol. The molecule has 0 aliphatic rings. The van der Waals surface area contributed by atoms with Crippen molar-refractivity contribution in [1.29, 1.82) is 0 Å². The van der Waals surface area contributed by atoms with Crippen LogP contribution in [0.4, 0.5) is 0 Å². The Labute approximate surface area is 158 Å². The van der Waals surface area contributed by atoms with Crippen molar-refractivity contribution in [2.75, 3.05) is 0 Å². The Morgan fingerprint density at radius 1 is 0.885 bits per heavy atom. The second kappa shape index (κ2) is 19.1. The number of allylic oxidation sites excluding steroid dienone is 9. The zero-order chi connectivity index (χ0) is 19.3. The second-order valence-electron chi connectivity index (χ2n) is 5.90. The van der Waals surface area contributed by atoms with Crippen LogP contribution in [0.25, 0.3) is 0 Å². The van der Waals surface area contributed by atoms with E-state index in [4.69, 9.17) is 0 Å². The van der Waals surface area contributed by atoms with Crippen LogP contribution in [0.1, 0.15) is 71.1 Å². The third-order valence-electron chi connectivity index (χ3n) is 3.65. The first-order chi connectivity index (χ1) is 12.7. The molecule has 0 amide bonds. The average Bonchev–Trinajstić information content (AvgIpc) is 2.63. The molecule has 1 radical (unpaired) electrons. The summed E-state index contributed by atoms with van der Waals surface area (Å²) < 4.78 is 0. The summed E-state index contributed by atoms with van der Waals surface area (Å²) in [6, 6.07) is 0. The van der Waals surface area contributed by atoms with E-state index < -0.39 is 0 Å². The summed E-state index contributed by atoms with van der Waals surface area (Å²) in [6.07, 6.45) is 28.0. The highest BCUT2D eigenvalue weighted by atomic mass is 16.6. The first kappa shape index (κ1) is 23.8. The Bertz CT molecular complexity index is 513. The van der Waals surface area contributed by atoms with E-state index in [1.807, 2.05) is 30.6 Å². The lowest BCUT2D eigenvalue weighted by atomic mass is 10.1. The Morgan fingerprint density at radius 3 is 2.23 bits per heavy atom. The Kier molecular flexibility index (Phi) is 17.5. The Morgan fingerprint density at radius 2 is 1.54 bits per heavy atom. The molecule has 0 aromatic rings. The standard InChI is InChI=1S/C22H32NO3/c1-2-3-4-5-13-16-19-22(23(25)26)20-17-14-11-9-7-6-8-10-12-15-18-21-24/h3-4,6-7,11,13-14,16,20H,2,5,8-10,12,15,17-19H2,1H3/b4-3-,7-6-,14-11-,16-13-,22-20+. The minimum absolute atomic E-state index is 0.244. The fraction of sp³-hybridized carbons (Fsp3) is 0.500. The molecule has 0 aliphatic carbocycles. The quantitative estimate of drug-likeness (QED) is 0.139. The van der Waals surface area contributed by atoms with Crippen LogP contribution in [0.5, 0.6) is 0 Å². The number of nitro groups is 1. The third kappa shape index (κ3) is 16.6. The van der Waals surface area contributed by atoms with Crippen molar-refractivity contribution in [2.24, 2.45) is 0 Å². The van der Waals surface area contributed by atoms with Gasteiger partial charge in [-0.1, -0.05) is 62.0 Å². The minimum atomic E-state index is -0.303. The van der Waals surface area contributed by atoms with Crippen molar-refractivity contribution in [1.82, 2.24) is 0 Å². The molecule has 4 heteroatoms. The van der Waals surface area contributed by atoms with E-state index in [0.29, 0.717) is 19.3 Å². The molecule has 0 heterocycles. The van der Waals surface area contributed by atoms with Crippen LogP contribution >= 0.6 is 0 Å². The smallest absolute Gasteiger partial charge is 0.246 e. The molecule has 143 valence electrons. The first-order valence-corrected chi connectivity index (χ1v) is 9.50. The highest BCUT2D eigenvalue weighted by Crippen LogP contribution is 2.07. The maximum absolute atomic E-state index is 11.0. The average molecular weight is 359 g/mol. The first-order valence-electron chi connectivity index (χ1n) is 9.50. The van der Waals surface area contributed by atoms with Crippen molar-refractivity contribution in [3.05, 3.63) is 70.5 Å². The molecule has 0 saturated heterocycles. The van der Waals surface area contributed by atoms with Crippen LogP contribution in [0.15, 0.2) is 60.4 Å². The van der Waals surface area contributed by atoms with Crippen LogP contribution < -0.4 is 0 Å². The molecule has 0 aromatic carbocycles. The van der Waals surface area contributed by atoms with Gasteiger partial charge in [-0.25, -0.2) is 0 Å². The number of hydrogen-bond acceptors (Lipinski definition) is 3. The van der Waals surface area contributed by atoms with E-state index in [-0.39, 0.29) is 10.6 Å². The zero-order valence-corrected chi connectivity index (χ0v) is 15.9. The fourth-order valence-corrected chi connectivity index (χ4v) is 2.20. The lowest BCUT2D eigenvalue weighted by molar-refractivity contribution is -0.427. The third-order valence-corrected chi connectivity index (χ3v) is 3.65. The number of unbranched alkanes of at least 4 members (excludes halogenated alkanes) is 4. The molecule has 0 unspecified atom stereocenters. The minimum Gasteiger partial charge on any atom is -0.291 e. The molecule has 0 rings (SSSR count). The predicted octanol–water partition coefficient (Wildman–Crippen LogP) is 6.40. The Balaban J connectivity index is 3.97. The van der Waals surface area contributed by atoms with Crippen LogP contribution in [0, 0.1) is 10.1 Å². The van der Waals surface area contributed by atoms with E-state index in [0.717, 1.165) is 44.9 Å². The summed E-state index contributed by atoms with van der Waals surface area (Å²) in [4.78, 5) is 20.8. The maximum Gasteiger partial charge on any atom is 0.246 e. The molecular formula is C22H32NO3. The van der Waals surface area contributed by atoms with Gasteiger partial charge in [0.1, 0.15) is 0 Å². The van der Waals surface area contributed by atoms with E-state index in [9.17, 15) is 14.9 Å². The molecule has 0 aromatic heterocycles. The zero-order valence-electron chi connectivity index (χ0n) is 15.9. The van der Waals surface area contributed by atoms with Crippen molar-refractivity contribution in [2.45, 2.75) is 71.1 Å². The summed E-state index contributed by atoms with van der Waals surface area (Å²) in [5.41, 5.74) is 0.244. The van der Waals surface area contributed by atoms with E-state index in [1.54, 1.807) is 6.08 Å². The summed E-state index contributed by atoms with van der Waals surface area (Å²) >= 11 is 0. The summed E-state index contributed by atoms with van der Waals surface area (Å²) in [6.45, 7) is 2.08. The van der Waals surface area contributed by atoms with Gasteiger partial charge >= 0.3 is 0 Å². The van der Waals surface area contributed by atoms with Crippen LogP contribution in [-0.2, 0) is 4.79 Å². The molecule has 4 nitrogen and oxygen atoms in total. The van der Waals surface area contributed by atoms with Gasteiger partial charge in [0.2, 0.25) is 5.70 Å². The van der Waals surface area contributed by atoms with Gasteiger partial charge in [0.05, 0.1) is 11.3 Å². The van der Waals surface area contributed by atoms with Crippen molar-refractivity contribution in [3.8, 4) is 0 Å². The molecule has 0 spiro atoms. The normalized spacial score (nSPS) is 12.9. The van der Waals surface area contributed by atoms with Gasteiger partial charge in [-0.05, 0) is 51.0 Å². The fourth-order valence-electron chi connectivity index (χ4n) is 2.20. The lowest BCUT2D eigenvalue weighted by Crippen LogP contribution is -1.97. The van der Waals surface area contributed by atoms with Crippen LogP contribution in [0.3, 0.4) is 0 Å². The molecule has 0 fully saturated rings. The van der Waals surface area contributed by atoms with Crippen molar-refractivity contribution < 1.29 is 9.72 Å². The number of nitrogens with zero attached hydrogens (tertiary/aromatic N) is 1. The molecule has 0 N–H and O–H groups in total. The van der Waals surface area contributed by atoms with Gasteiger partial charge in [0.25, 0.3) is 0 Å². The molecule has 0 atom stereocenters. The van der Waals surface area contributed by atoms with E-state index in [2.05, 4.69) is 31.2 Å². The van der Waals surface area contributed by atoms with Crippen LogP contribution in [0.2, 0.25) is 0 Å². The molecule has 0 bridgehead atoms. The second-order valence-corrected chi connectivity index (χ2v) is 5.90. The van der Waals surface area contributed by atoms with Gasteiger partial charge in [-0.2, -0.15) is 0 Å². The summed E-state index contributed by atoms with van der Waals surface area (Å²) in [7, 11) is 0. The van der Waals surface area contributed by atoms with Gasteiger partial charge in [0, 0.05) is 6.42 Å². The lowest BCUT2D eigenvalue weighted by Gasteiger charge is -1.94. The van der Waals surface area contributed by atoms with Gasteiger partial charge in [-0.15, -0.1) is 0 Å². The van der Waals surface area contributed by atoms with Gasteiger partial charge in [-0.3, -0.25) is 14.9 Å². The van der Waals surface area contributed by atoms with Gasteiger partial charge in [0.15, 0.2) is 6.29 Å². The highest BCUT2D eigenvalue weighted by molar-refractivity contribution is 5.50. The van der Waals surface area contributed by atoms with Crippen molar-refractivity contribution in [3.63, 3.8) is 0 Å². The van der Waals surface area contributed by atoms with Crippen LogP contribution in [-0.4, -0.2) is 11.2 Å². The van der Waals surface area contributed by atoms with E-state index >= 15 is 0 Å². The summed E-state index contributed by atoms with van der Waals surface area (Å²) in [5.74, 6) is 0. The number of hydrogen-bond donors (Lipinski definition) is 0. The van der Waals surface area contributed by atoms with Crippen molar-refractivity contribution >= 4 is 6.29 Å². The number of carbonyl (C=O) groups excluding carboxylic acids is 1. The SMILES string of the molecule is CC/C=C\C/C=C\C/C(=C\C/C=C\C/C=C\CCCCC[C]=O)[N+](=O)[O-]. The van der Waals surface area contributed by atoms with Gasteiger partial charge < -0.3 is 0 Å². The summed E-state index contributed by atoms with van der Waals surface area (Å²) in [5, 5.41) is 11.0. The highest BCUT2D eigenvalue weighted by Gasteiger charge is 2.06.